The summed E-state index contributed by atoms with van der Waals surface area (Å²) in [6.07, 6.45) is 2.37. The molecule has 4 rings (SSSR count). The van der Waals surface area contributed by atoms with E-state index in [9.17, 15) is 14.0 Å². The number of H-pyrrole nitrogens is 1. The third kappa shape index (κ3) is 3.98. The number of nitrogens with zero attached hydrogens (tertiary/aromatic N) is 3. The van der Waals surface area contributed by atoms with Gasteiger partial charge in [-0.2, -0.15) is 5.10 Å². The monoisotopic (exact) mass is 426 g/mol. The third-order valence-electron chi connectivity index (χ3n) is 6.93. The van der Waals surface area contributed by atoms with Crippen molar-refractivity contribution in [2.45, 2.75) is 59.4 Å². The Bertz CT molecular complexity index is 1010. The van der Waals surface area contributed by atoms with E-state index in [1.807, 2.05) is 43.6 Å². The molecule has 0 spiro atoms. The summed E-state index contributed by atoms with van der Waals surface area (Å²) >= 11 is 0. The average molecular weight is 427 g/mol. The van der Waals surface area contributed by atoms with Crippen LogP contribution in [0.3, 0.4) is 0 Å². The van der Waals surface area contributed by atoms with Gasteiger partial charge in [0.2, 0.25) is 5.91 Å². The highest BCUT2D eigenvalue weighted by Crippen LogP contribution is 2.33. The molecule has 1 aromatic heterocycles. The molecule has 0 bridgehead atoms. The van der Waals surface area contributed by atoms with Gasteiger partial charge in [-0.15, -0.1) is 0 Å². The van der Waals surface area contributed by atoms with Crippen LogP contribution in [0.1, 0.15) is 71.0 Å². The minimum atomic E-state index is -0.161. The fraction of sp³-hybridized carbons (Fsp3) is 0.542. The lowest BCUT2D eigenvalue weighted by molar-refractivity contribution is -0.135. The Kier molecular flexibility index (Phi) is 5.86. The van der Waals surface area contributed by atoms with E-state index in [2.05, 4.69) is 10.2 Å². The van der Waals surface area contributed by atoms with Gasteiger partial charge in [0, 0.05) is 31.1 Å². The standard InChI is InChI=1S/C24H31FN4O2/c1-14(2)23(30)29-12-9-19-21(13-29)26-27-22(19)24(31)28-10-7-17(8-11-28)18-5-6-20(25)16(4)15(18)3/h5-6,14,17H,7-13H2,1-4H3,(H,26,27). The van der Waals surface area contributed by atoms with Crippen molar-refractivity contribution in [3.8, 4) is 0 Å². The summed E-state index contributed by atoms with van der Waals surface area (Å²) in [4.78, 5) is 29.2. The molecule has 0 radical (unpaired) electrons. The van der Waals surface area contributed by atoms with Gasteiger partial charge in [0.05, 0.1) is 12.2 Å². The van der Waals surface area contributed by atoms with E-state index in [1.54, 1.807) is 6.07 Å². The molecule has 1 fully saturated rings. The van der Waals surface area contributed by atoms with Crippen molar-refractivity contribution in [3.63, 3.8) is 0 Å². The van der Waals surface area contributed by atoms with E-state index in [4.69, 9.17) is 0 Å². The minimum absolute atomic E-state index is 0.0356. The van der Waals surface area contributed by atoms with Crippen LogP contribution in [0.5, 0.6) is 0 Å². The molecule has 2 aromatic rings. The van der Waals surface area contributed by atoms with E-state index in [0.29, 0.717) is 49.8 Å². The molecule has 3 heterocycles. The van der Waals surface area contributed by atoms with E-state index >= 15 is 0 Å². The number of amides is 2. The fourth-order valence-corrected chi connectivity index (χ4v) is 4.84. The molecule has 6 nitrogen and oxygen atoms in total. The largest absolute Gasteiger partial charge is 0.337 e. The van der Waals surface area contributed by atoms with E-state index < -0.39 is 0 Å². The van der Waals surface area contributed by atoms with Gasteiger partial charge in [-0.05, 0) is 61.8 Å². The average Bonchev–Trinajstić information content (AvgIpc) is 3.20. The highest BCUT2D eigenvalue weighted by atomic mass is 19.1. The number of hydrogen-bond donors (Lipinski definition) is 1. The zero-order valence-electron chi connectivity index (χ0n) is 18.8. The second kappa shape index (κ2) is 8.44. The summed E-state index contributed by atoms with van der Waals surface area (Å²) in [5.74, 6) is 0.228. The number of piperidine rings is 1. The first kappa shape index (κ1) is 21.5. The first-order valence-corrected chi connectivity index (χ1v) is 11.2. The number of aromatic amines is 1. The SMILES string of the molecule is Cc1c(F)ccc(C2CCN(C(=O)c3n[nH]c4c3CCN(C(=O)C(C)C)C4)CC2)c1C. The quantitative estimate of drug-likeness (QED) is 0.813. The molecule has 2 amide bonds. The number of hydrogen-bond acceptors (Lipinski definition) is 3. The lowest BCUT2D eigenvalue weighted by Gasteiger charge is -2.33. The number of carbonyl (C=O) groups excluding carboxylic acids is 2. The van der Waals surface area contributed by atoms with Gasteiger partial charge in [-0.3, -0.25) is 14.7 Å². The second-order valence-corrected chi connectivity index (χ2v) is 9.15. The fourth-order valence-electron chi connectivity index (χ4n) is 4.84. The van der Waals surface area contributed by atoms with Crippen LogP contribution in [0, 0.1) is 25.6 Å². The molecule has 1 N–H and O–H groups in total. The summed E-state index contributed by atoms with van der Waals surface area (Å²) in [6, 6.07) is 3.45. The van der Waals surface area contributed by atoms with Gasteiger partial charge in [0.25, 0.3) is 5.91 Å². The molecule has 7 heteroatoms. The Morgan fingerprint density at radius 1 is 1.10 bits per heavy atom. The van der Waals surface area contributed by atoms with Crippen LogP contribution in [0.25, 0.3) is 0 Å². The molecular weight excluding hydrogens is 395 g/mol. The Morgan fingerprint density at radius 2 is 1.81 bits per heavy atom. The molecule has 1 saturated heterocycles. The highest BCUT2D eigenvalue weighted by molar-refractivity contribution is 5.94. The van der Waals surface area contributed by atoms with Crippen molar-refractivity contribution in [2.24, 2.45) is 5.92 Å². The number of fused-ring (bicyclic) bond motifs is 1. The van der Waals surface area contributed by atoms with Gasteiger partial charge >= 0.3 is 0 Å². The van der Waals surface area contributed by atoms with E-state index in [-0.39, 0.29) is 23.5 Å². The zero-order chi connectivity index (χ0) is 22.3. The van der Waals surface area contributed by atoms with Crippen LogP contribution in [0.2, 0.25) is 0 Å². The Morgan fingerprint density at radius 3 is 2.48 bits per heavy atom. The van der Waals surface area contributed by atoms with Gasteiger partial charge < -0.3 is 9.80 Å². The maximum atomic E-state index is 13.8. The molecule has 1 aromatic carbocycles. The molecule has 31 heavy (non-hydrogen) atoms. The van der Waals surface area contributed by atoms with E-state index in [1.165, 1.54) is 5.56 Å². The smallest absolute Gasteiger partial charge is 0.274 e. The van der Waals surface area contributed by atoms with Crippen molar-refractivity contribution in [1.82, 2.24) is 20.0 Å². The van der Waals surface area contributed by atoms with Crippen molar-refractivity contribution < 1.29 is 14.0 Å². The third-order valence-corrected chi connectivity index (χ3v) is 6.93. The summed E-state index contributed by atoms with van der Waals surface area (Å²) in [7, 11) is 0. The predicted octanol–water partition coefficient (Wildman–Crippen LogP) is 3.73. The first-order valence-electron chi connectivity index (χ1n) is 11.2. The highest BCUT2D eigenvalue weighted by Gasteiger charge is 2.32. The molecule has 2 aliphatic heterocycles. The molecule has 0 unspecified atom stereocenters. The molecule has 166 valence electrons. The summed E-state index contributed by atoms with van der Waals surface area (Å²) < 4.78 is 13.8. The number of aromatic nitrogens is 2. The maximum Gasteiger partial charge on any atom is 0.274 e. The summed E-state index contributed by atoms with van der Waals surface area (Å²) in [6.45, 7) is 10.0. The number of rotatable bonds is 3. The predicted molar refractivity (Wildman–Crippen MR) is 116 cm³/mol. The summed E-state index contributed by atoms with van der Waals surface area (Å²) in [5.41, 5.74) is 5.24. The lowest BCUT2D eigenvalue weighted by Crippen LogP contribution is -2.40. The number of likely N-dealkylation sites (tertiary alicyclic amines) is 1. The Hall–Kier alpha value is -2.70. The molecular formula is C24H31FN4O2. The van der Waals surface area contributed by atoms with Crippen molar-refractivity contribution in [3.05, 3.63) is 51.6 Å². The van der Waals surface area contributed by atoms with Crippen LogP contribution in [0.15, 0.2) is 12.1 Å². The van der Waals surface area contributed by atoms with Gasteiger partial charge in [0.15, 0.2) is 5.69 Å². The summed E-state index contributed by atoms with van der Waals surface area (Å²) in [5, 5.41) is 7.33. The molecule has 0 atom stereocenters. The van der Waals surface area contributed by atoms with E-state index in [0.717, 1.165) is 29.7 Å². The minimum Gasteiger partial charge on any atom is -0.337 e. The second-order valence-electron chi connectivity index (χ2n) is 9.15. The first-order chi connectivity index (χ1) is 14.8. The van der Waals surface area contributed by atoms with Crippen LogP contribution in [-0.4, -0.2) is 51.4 Å². The number of carbonyl (C=O) groups is 2. The van der Waals surface area contributed by atoms with Gasteiger partial charge in [-0.25, -0.2) is 4.39 Å². The Labute approximate surface area is 182 Å². The molecule has 2 aliphatic rings. The van der Waals surface area contributed by atoms with Crippen LogP contribution in [-0.2, 0) is 17.8 Å². The molecule has 0 aliphatic carbocycles. The zero-order valence-corrected chi connectivity index (χ0v) is 18.8. The van der Waals surface area contributed by atoms with Crippen LogP contribution < -0.4 is 0 Å². The Balaban J connectivity index is 1.43. The number of nitrogens with one attached hydrogen (secondary N) is 1. The number of halogens is 1. The van der Waals surface area contributed by atoms with Crippen LogP contribution >= 0.6 is 0 Å². The lowest BCUT2D eigenvalue weighted by atomic mass is 9.85. The normalized spacial score (nSPS) is 17.2. The maximum absolute atomic E-state index is 13.8. The van der Waals surface area contributed by atoms with Crippen LogP contribution in [0.4, 0.5) is 4.39 Å². The number of benzene rings is 1. The van der Waals surface area contributed by atoms with Crippen molar-refractivity contribution in [1.29, 1.82) is 0 Å². The van der Waals surface area contributed by atoms with Gasteiger partial charge in [0.1, 0.15) is 5.82 Å². The topological polar surface area (TPSA) is 69.3 Å². The van der Waals surface area contributed by atoms with Gasteiger partial charge in [-0.1, -0.05) is 19.9 Å². The van der Waals surface area contributed by atoms with Crippen molar-refractivity contribution >= 4 is 11.8 Å². The van der Waals surface area contributed by atoms with Crippen molar-refractivity contribution in [2.75, 3.05) is 19.6 Å². The molecule has 0 saturated carbocycles.